The maximum Gasteiger partial charge on any atom is 0.240 e. The van der Waals surface area contributed by atoms with E-state index in [4.69, 9.17) is 14.2 Å². The number of halogens is 2. The average molecular weight is 625 g/mol. The zero-order valence-electron chi connectivity index (χ0n) is 25.1. The lowest BCUT2D eigenvalue weighted by atomic mass is 10.0. The summed E-state index contributed by atoms with van der Waals surface area (Å²) in [4.78, 5) is 34.7. The van der Waals surface area contributed by atoms with Gasteiger partial charge in [-0.2, -0.15) is 0 Å². The predicted molar refractivity (Wildman–Crippen MR) is 168 cm³/mol. The molecule has 2 amide bonds. The first-order valence-electron chi connectivity index (χ1n) is 14.7. The fourth-order valence-electron chi connectivity index (χ4n) is 4.90. The predicted octanol–water partition coefficient (Wildman–Crippen LogP) is 7.21. The number of aryl methyl sites for hydroxylation is 1. The molecule has 2 N–H and O–H groups in total. The van der Waals surface area contributed by atoms with E-state index in [-0.39, 0.29) is 18.0 Å². The average Bonchev–Trinajstić information content (AvgIpc) is 3.89. The Balaban J connectivity index is 1.14. The van der Waals surface area contributed by atoms with Crippen molar-refractivity contribution >= 4 is 34.1 Å². The first kappa shape index (κ1) is 30.4. The summed E-state index contributed by atoms with van der Waals surface area (Å²) in [6.07, 6.45) is 4.84. The van der Waals surface area contributed by atoms with E-state index < -0.39 is 28.9 Å². The minimum absolute atomic E-state index is 0.0805. The van der Waals surface area contributed by atoms with Crippen molar-refractivity contribution in [2.45, 2.75) is 32.8 Å². The number of amides is 2. The van der Waals surface area contributed by atoms with E-state index in [1.807, 2.05) is 19.1 Å². The second-order valence-corrected chi connectivity index (χ2v) is 10.9. The molecule has 0 unspecified atom stereocenters. The van der Waals surface area contributed by atoms with Gasteiger partial charge >= 0.3 is 0 Å². The Morgan fingerprint density at radius 1 is 0.826 bits per heavy atom. The number of nitrogens with zero attached hydrogens (tertiary/aromatic N) is 2. The van der Waals surface area contributed by atoms with Gasteiger partial charge in [-0.1, -0.05) is 13.0 Å². The number of pyridine rings is 2. The molecule has 11 heteroatoms. The number of hydrogen-bond acceptors (Lipinski definition) is 7. The van der Waals surface area contributed by atoms with Gasteiger partial charge in [-0.3, -0.25) is 19.6 Å². The number of benzene rings is 3. The number of anilines is 2. The van der Waals surface area contributed by atoms with Crippen molar-refractivity contribution < 1.29 is 32.6 Å². The van der Waals surface area contributed by atoms with Gasteiger partial charge in [-0.05, 0) is 73.9 Å². The Morgan fingerprint density at radius 3 is 2.22 bits per heavy atom. The van der Waals surface area contributed by atoms with Crippen LogP contribution in [0.5, 0.6) is 23.0 Å². The van der Waals surface area contributed by atoms with Crippen LogP contribution in [-0.2, 0) is 22.6 Å². The van der Waals surface area contributed by atoms with Gasteiger partial charge in [0.15, 0.2) is 23.1 Å². The summed E-state index contributed by atoms with van der Waals surface area (Å²) in [5, 5.41) is 5.85. The van der Waals surface area contributed by atoms with E-state index in [0.29, 0.717) is 46.7 Å². The van der Waals surface area contributed by atoms with Crippen LogP contribution >= 0.6 is 0 Å². The highest BCUT2D eigenvalue weighted by Crippen LogP contribution is 2.47. The third kappa shape index (κ3) is 6.44. The second kappa shape index (κ2) is 12.8. The molecular weight excluding hydrogens is 594 g/mol. The molecule has 3 aromatic carbocycles. The van der Waals surface area contributed by atoms with E-state index in [1.54, 1.807) is 30.6 Å². The summed E-state index contributed by atoms with van der Waals surface area (Å²) in [5.74, 6) is -1.05. The molecule has 0 atom stereocenters. The highest BCUT2D eigenvalue weighted by Gasteiger charge is 2.56. The molecule has 1 aliphatic carbocycles. The Kier molecular flexibility index (Phi) is 8.47. The third-order valence-electron chi connectivity index (χ3n) is 7.76. The van der Waals surface area contributed by atoms with Gasteiger partial charge in [0.1, 0.15) is 23.6 Å². The molecule has 1 aliphatic rings. The van der Waals surface area contributed by atoms with Crippen LogP contribution in [0.3, 0.4) is 0 Å². The Bertz CT molecular complexity index is 1910. The molecule has 6 rings (SSSR count). The molecule has 0 bridgehead atoms. The van der Waals surface area contributed by atoms with Crippen molar-refractivity contribution in [2.24, 2.45) is 5.41 Å². The third-order valence-corrected chi connectivity index (χ3v) is 7.76. The summed E-state index contributed by atoms with van der Waals surface area (Å²) in [6.45, 7) is 2.32. The molecule has 2 heterocycles. The number of methoxy groups -OCH3 is 1. The number of carbonyl (C=O) groups excluding carboxylic acids is 2. The summed E-state index contributed by atoms with van der Waals surface area (Å²) in [5.41, 5.74) is 1.70. The van der Waals surface area contributed by atoms with Crippen molar-refractivity contribution in [2.75, 3.05) is 17.7 Å². The zero-order valence-corrected chi connectivity index (χ0v) is 25.1. The number of aromatic nitrogens is 2. The fourth-order valence-corrected chi connectivity index (χ4v) is 4.90. The smallest absolute Gasteiger partial charge is 0.240 e. The van der Waals surface area contributed by atoms with Crippen LogP contribution in [0.1, 0.15) is 31.0 Å². The number of fused-ring (bicyclic) bond motifs is 1. The van der Waals surface area contributed by atoms with Gasteiger partial charge in [-0.15, -0.1) is 0 Å². The van der Waals surface area contributed by atoms with Gasteiger partial charge in [0.25, 0.3) is 0 Å². The summed E-state index contributed by atoms with van der Waals surface area (Å²) >= 11 is 0. The highest BCUT2D eigenvalue weighted by atomic mass is 19.1. The van der Waals surface area contributed by atoms with Crippen LogP contribution in [0.2, 0.25) is 0 Å². The Morgan fingerprint density at radius 2 is 1.57 bits per heavy atom. The minimum atomic E-state index is -1.28. The molecule has 5 aromatic rings. The molecule has 1 fully saturated rings. The van der Waals surface area contributed by atoms with E-state index in [1.165, 1.54) is 43.5 Å². The first-order valence-corrected chi connectivity index (χ1v) is 14.7. The van der Waals surface area contributed by atoms with Crippen LogP contribution in [0.4, 0.5) is 20.2 Å². The maximum atomic E-state index is 15.2. The normalized spacial score (nSPS) is 13.1. The monoisotopic (exact) mass is 624 g/mol. The fraction of sp³-hybridized carbons (Fsp3) is 0.200. The highest BCUT2D eigenvalue weighted by molar-refractivity contribution is 6.16. The number of rotatable bonds is 11. The number of ether oxygens (including phenoxy) is 3. The van der Waals surface area contributed by atoms with Crippen molar-refractivity contribution in [1.82, 2.24) is 9.97 Å². The summed E-state index contributed by atoms with van der Waals surface area (Å²) in [7, 11) is 1.52. The van der Waals surface area contributed by atoms with Gasteiger partial charge in [0, 0.05) is 52.5 Å². The van der Waals surface area contributed by atoms with Crippen molar-refractivity contribution in [1.29, 1.82) is 0 Å². The van der Waals surface area contributed by atoms with E-state index in [0.717, 1.165) is 23.7 Å². The van der Waals surface area contributed by atoms with Gasteiger partial charge in [0.2, 0.25) is 11.8 Å². The van der Waals surface area contributed by atoms with Crippen molar-refractivity contribution in [3.05, 3.63) is 108 Å². The van der Waals surface area contributed by atoms with E-state index in [9.17, 15) is 14.0 Å². The quantitative estimate of drug-likeness (QED) is 0.149. The van der Waals surface area contributed by atoms with Crippen LogP contribution in [-0.4, -0.2) is 28.9 Å². The Labute approximate surface area is 263 Å². The zero-order chi connectivity index (χ0) is 32.3. The molecule has 0 spiro atoms. The molecular formula is C35H30F2N4O5. The molecule has 0 saturated heterocycles. The first-order chi connectivity index (χ1) is 22.3. The van der Waals surface area contributed by atoms with E-state index >= 15 is 4.39 Å². The molecule has 9 nitrogen and oxygen atoms in total. The van der Waals surface area contributed by atoms with Crippen LogP contribution < -0.4 is 24.8 Å². The molecule has 0 radical (unpaired) electrons. The lowest BCUT2D eigenvalue weighted by Gasteiger charge is -2.16. The van der Waals surface area contributed by atoms with E-state index in [2.05, 4.69) is 20.6 Å². The van der Waals surface area contributed by atoms with Crippen LogP contribution in [0.15, 0.2) is 85.2 Å². The van der Waals surface area contributed by atoms with Crippen molar-refractivity contribution in [3.63, 3.8) is 0 Å². The van der Waals surface area contributed by atoms with Gasteiger partial charge in [0.05, 0.1) is 12.6 Å². The molecule has 2 aromatic heterocycles. The molecule has 0 aliphatic heterocycles. The molecule has 234 valence electrons. The van der Waals surface area contributed by atoms with Crippen LogP contribution in [0.25, 0.3) is 10.9 Å². The molecule has 46 heavy (non-hydrogen) atoms. The van der Waals surface area contributed by atoms with Gasteiger partial charge < -0.3 is 24.8 Å². The van der Waals surface area contributed by atoms with Crippen molar-refractivity contribution in [3.8, 4) is 23.0 Å². The topological polar surface area (TPSA) is 112 Å². The van der Waals surface area contributed by atoms with Crippen LogP contribution in [0, 0.1) is 17.0 Å². The number of hydrogen-bond donors (Lipinski definition) is 2. The summed E-state index contributed by atoms with van der Waals surface area (Å²) < 4.78 is 46.0. The second-order valence-electron chi connectivity index (χ2n) is 10.9. The maximum absolute atomic E-state index is 15.2. The lowest BCUT2D eigenvalue weighted by Crippen LogP contribution is -2.35. The Hall–Kier alpha value is -5.58. The standard InChI is InChI=1S/C35H30F2N4O5/c1-3-23-7-4-21(19-39-23)20-45-32-18-28-26(17-31(32)44-2)29(12-15-38-28)46-30-11-10-25(16-27(30)37)41-34(43)35(13-14-35)33(42)40-24-8-5-22(36)6-9-24/h4-12,15-19H,3,13-14,20H2,1-2H3,(H,40,42)(H,41,43). The number of nitrogens with one attached hydrogen (secondary N) is 2. The molecule has 1 saturated carbocycles. The number of carbonyl (C=O) groups is 2. The summed E-state index contributed by atoms with van der Waals surface area (Å²) in [6, 6.07) is 18.2. The lowest BCUT2D eigenvalue weighted by molar-refractivity contribution is -0.131. The largest absolute Gasteiger partial charge is 0.493 e. The van der Waals surface area contributed by atoms with Gasteiger partial charge in [-0.25, -0.2) is 8.78 Å². The SMILES string of the molecule is CCc1ccc(COc2cc3nccc(Oc4ccc(NC(=O)C5(C(=O)Nc6ccc(F)cc6)CC5)cc4F)c3cc2OC)cn1. The minimum Gasteiger partial charge on any atom is -0.493 e.